The molecule has 15 heavy (non-hydrogen) atoms. The number of benzene rings is 1. The van der Waals surface area contributed by atoms with E-state index in [0.29, 0.717) is 0 Å². The van der Waals surface area contributed by atoms with Crippen molar-refractivity contribution in [3.63, 3.8) is 0 Å². The summed E-state index contributed by atoms with van der Waals surface area (Å²) in [5.74, 6) is 0.916. The highest BCUT2D eigenvalue weighted by atomic mass is 32.1. The summed E-state index contributed by atoms with van der Waals surface area (Å²) in [7, 11) is 0. The molecule has 1 nitrogen and oxygen atoms in total. The van der Waals surface area contributed by atoms with Crippen molar-refractivity contribution < 1.29 is 4.74 Å². The molecular weight excluding hydrogens is 204 g/mol. The summed E-state index contributed by atoms with van der Waals surface area (Å²) in [5, 5.41) is 0.970. The fraction of sp³-hybridized carbons (Fsp3) is 0.231. The summed E-state index contributed by atoms with van der Waals surface area (Å²) < 4.78 is 5.76. The van der Waals surface area contributed by atoms with Gasteiger partial charge >= 0.3 is 0 Å². The third-order valence-corrected chi connectivity index (χ3v) is 3.30. The molecule has 0 saturated heterocycles. The van der Waals surface area contributed by atoms with Crippen LogP contribution in [0, 0.1) is 6.92 Å². The third kappa shape index (κ3) is 2.60. The molecule has 0 spiro atoms. The van der Waals surface area contributed by atoms with Crippen molar-refractivity contribution in [1.82, 2.24) is 0 Å². The minimum absolute atomic E-state index is 0.916. The molecule has 0 N–H and O–H groups in total. The van der Waals surface area contributed by atoms with Gasteiger partial charge in [-0.15, -0.1) is 11.3 Å². The Morgan fingerprint density at radius 2 is 2.07 bits per heavy atom. The molecule has 78 valence electrons. The van der Waals surface area contributed by atoms with Crippen LogP contribution in [0.1, 0.15) is 17.4 Å². The van der Waals surface area contributed by atoms with Crippen LogP contribution in [0.25, 0.3) is 0 Å². The van der Waals surface area contributed by atoms with Gasteiger partial charge in [-0.05, 0) is 43.2 Å². The molecule has 0 unspecified atom stereocenters. The molecule has 2 aromatic rings. The molecule has 0 aliphatic heterocycles. The average molecular weight is 218 g/mol. The lowest BCUT2D eigenvalue weighted by molar-refractivity contribution is 0.496. The number of hydrogen-bond acceptors (Lipinski definition) is 2. The number of ether oxygens (including phenoxy) is 1. The highest BCUT2D eigenvalue weighted by Crippen LogP contribution is 2.29. The van der Waals surface area contributed by atoms with Crippen LogP contribution in [0.5, 0.6) is 10.8 Å². The molecule has 0 radical (unpaired) electrons. The Kier molecular flexibility index (Phi) is 3.07. The van der Waals surface area contributed by atoms with E-state index in [0.717, 1.165) is 17.2 Å². The number of aryl methyl sites for hydroxylation is 2. The zero-order valence-corrected chi connectivity index (χ0v) is 9.80. The van der Waals surface area contributed by atoms with Crippen molar-refractivity contribution in [2.24, 2.45) is 0 Å². The molecule has 1 heterocycles. The molecule has 0 fully saturated rings. The third-order valence-electron chi connectivity index (χ3n) is 2.19. The molecular formula is C13H14OS. The summed E-state index contributed by atoms with van der Waals surface area (Å²) in [4.78, 5) is 1.36. The van der Waals surface area contributed by atoms with Gasteiger partial charge in [0.25, 0.3) is 0 Å². The van der Waals surface area contributed by atoms with Crippen LogP contribution >= 0.6 is 11.3 Å². The van der Waals surface area contributed by atoms with E-state index >= 15 is 0 Å². The van der Waals surface area contributed by atoms with E-state index < -0.39 is 0 Å². The van der Waals surface area contributed by atoms with Crippen molar-refractivity contribution >= 4 is 11.3 Å². The number of rotatable bonds is 3. The van der Waals surface area contributed by atoms with E-state index in [1.54, 1.807) is 11.3 Å². The molecule has 2 heteroatoms. The normalized spacial score (nSPS) is 10.3. The molecule has 1 aromatic carbocycles. The van der Waals surface area contributed by atoms with Gasteiger partial charge in [0.05, 0.1) is 0 Å². The molecule has 0 amide bonds. The first-order valence-electron chi connectivity index (χ1n) is 5.11. The summed E-state index contributed by atoms with van der Waals surface area (Å²) >= 11 is 1.71. The maximum atomic E-state index is 5.76. The molecule has 0 saturated carbocycles. The quantitative estimate of drug-likeness (QED) is 0.741. The Hall–Kier alpha value is -1.28. The summed E-state index contributed by atoms with van der Waals surface area (Å²) in [6.45, 7) is 4.22. The topological polar surface area (TPSA) is 9.23 Å². The molecule has 0 atom stereocenters. The maximum Gasteiger partial charge on any atom is 0.181 e. The number of hydrogen-bond donors (Lipinski definition) is 0. The van der Waals surface area contributed by atoms with E-state index in [4.69, 9.17) is 4.74 Å². The minimum atomic E-state index is 0.916. The van der Waals surface area contributed by atoms with E-state index in [9.17, 15) is 0 Å². The van der Waals surface area contributed by atoms with Crippen LogP contribution < -0.4 is 4.74 Å². The lowest BCUT2D eigenvalue weighted by Crippen LogP contribution is -1.80. The van der Waals surface area contributed by atoms with E-state index in [1.165, 1.54) is 10.4 Å². The Bertz CT molecular complexity index is 445. The maximum absolute atomic E-state index is 5.76. The largest absolute Gasteiger partial charge is 0.447 e. The fourth-order valence-electron chi connectivity index (χ4n) is 1.40. The lowest BCUT2D eigenvalue weighted by atomic mass is 10.2. The second-order valence-corrected chi connectivity index (χ2v) is 4.62. The molecule has 0 aliphatic carbocycles. The van der Waals surface area contributed by atoms with Crippen LogP contribution in [-0.4, -0.2) is 0 Å². The SMILES string of the molecule is CCc1ccc(Oc2cccc(C)c2)s1. The standard InChI is InChI=1S/C13H14OS/c1-3-12-7-8-13(15-12)14-11-6-4-5-10(2)9-11/h4-9H,3H2,1-2H3. The molecule has 0 aliphatic rings. The van der Waals surface area contributed by atoms with Crippen LogP contribution in [-0.2, 0) is 6.42 Å². The zero-order chi connectivity index (χ0) is 10.7. The van der Waals surface area contributed by atoms with Gasteiger partial charge in [0, 0.05) is 4.88 Å². The Morgan fingerprint density at radius 3 is 2.73 bits per heavy atom. The monoisotopic (exact) mass is 218 g/mol. The summed E-state index contributed by atoms with van der Waals surface area (Å²) in [5.41, 5.74) is 1.22. The molecule has 0 bridgehead atoms. The highest BCUT2D eigenvalue weighted by Gasteiger charge is 2.00. The van der Waals surface area contributed by atoms with Crippen LogP contribution in [0.15, 0.2) is 36.4 Å². The van der Waals surface area contributed by atoms with Gasteiger partial charge in [-0.3, -0.25) is 0 Å². The highest BCUT2D eigenvalue weighted by molar-refractivity contribution is 7.13. The smallest absolute Gasteiger partial charge is 0.181 e. The molecule has 1 aromatic heterocycles. The van der Waals surface area contributed by atoms with Crippen molar-refractivity contribution in [2.75, 3.05) is 0 Å². The van der Waals surface area contributed by atoms with Crippen LogP contribution in [0.4, 0.5) is 0 Å². The zero-order valence-electron chi connectivity index (χ0n) is 8.99. The van der Waals surface area contributed by atoms with E-state index in [1.807, 2.05) is 24.3 Å². The average Bonchev–Trinajstić information content (AvgIpc) is 2.65. The van der Waals surface area contributed by atoms with Gasteiger partial charge in [-0.2, -0.15) is 0 Å². The predicted octanol–water partition coefficient (Wildman–Crippen LogP) is 4.41. The van der Waals surface area contributed by atoms with E-state index in [-0.39, 0.29) is 0 Å². The van der Waals surface area contributed by atoms with Crippen molar-refractivity contribution in [1.29, 1.82) is 0 Å². The van der Waals surface area contributed by atoms with Crippen molar-refractivity contribution in [2.45, 2.75) is 20.3 Å². The second-order valence-electron chi connectivity index (χ2n) is 3.49. The van der Waals surface area contributed by atoms with Crippen LogP contribution in [0.3, 0.4) is 0 Å². The minimum Gasteiger partial charge on any atom is -0.447 e. The molecule has 2 rings (SSSR count). The van der Waals surface area contributed by atoms with Gasteiger partial charge < -0.3 is 4.74 Å². The first-order valence-corrected chi connectivity index (χ1v) is 5.93. The van der Waals surface area contributed by atoms with Gasteiger partial charge in [-0.25, -0.2) is 0 Å². The van der Waals surface area contributed by atoms with Gasteiger partial charge in [-0.1, -0.05) is 19.1 Å². The van der Waals surface area contributed by atoms with Crippen LogP contribution in [0.2, 0.25) is 0 Å². The number of thiophene rings is 1. The van der Waals surface area contributed by atoms with E-state index in [2.05, 4.69) is 26.0 Å². The lowest BCUT2D eigenvalue weighted by Gasteiger charge is -2.02. The summed E-state index contributed by atoms with van der Waals surface area (Å²) in [6, 6.07) is 12.3. The van der Waals surface area contributed by atoms with Crippen molar-refractivity contribution in [3.8, 4) is 10.8 Å². The first kappa shape index (κ1) is 10.2. The Labute approximate surface area is 94.3 Å². The van der Waals surface area contributed by atoms with Crippen molar-refractivity contribution in [3.05, 3.63) is 46.8 Å². The fourth-order valence-corrected chi connectivity index (χ4v) is 2.21. The first-order chi connectivity index (χ1) is 7.28. The summed E-state index contributed by atoms with van der Waals surface area (Å²) in [6.07, 6.45) is 1.07. The van der Waals surface area contributed by atoms with Gasteiger partial charge in [0.2, 0.25) is 0 Å². The second kappa shape index (κ2) is 4.49. The predicted molar refractivity (Wildman–Crippen MR) is 65.0 cm³/mol. The van der Waals surface area contributed by atoms with Gasteiger partial charge in [0.1, 0.15) is 5.75 Å². The Morgan fingerprint density at radius 1 is 1.20 bits per heavy atom. The van der Waals surface area contributed by atoms with Gasteiger partial charge in [0.15, 0.2) is 5.06 Å². The Balaban J connectivity index is 2.14.